The Morgan fingerprint density at radius 3 is 2.10 bits per heavy atom. The van der Waals surface area contributed by atoms with E-state index in [1.54, 1.807) is 32.9 Å². The van der Waals surface area contributed by atoms with Crippen LogP contribution in [-0.4, -0.2) is 59.6 Å². The maximum atomic E-state index is 14.0. The molecule has 2 heterocycles. The minimum absolute atomic E-state index is 0.229. The van der Waals surface area contributed by atoms with Crippen LogP contribution in [0, 0.1) is 5.92 Å². The topological polar surface area (TPSA) is 105 Å². The number of methoxy groups -OCH3 is 1. The van der Waals surface area contributed by atoms with E-state index in [0.717, 1.165) is 16.7 Å². The molecule has 0 saturated heterocycles. The first-order valence-corrected chi connectivity index (χ1v) is 13.3. The number of benzene rings is 2. The van der Waals surface area contributed by atoms with Gasteiger partial charge in [-0.2, -0.15) is 0 Å². The molecule has 208 valence electrons. The third-order valence-electron chi connectivity index (χ3n) is 7.10. The normalized spacial score (nSPS) is 19.2. The van der Waals surface area contributed by atoms with Gasteiger partial charge in [-0.05, 0) is 49.4 Å². The van der Waals surface area contributed by atoms with Gasteiger partial charge in [-0.25, -0.2) is 9.59 Å². The molecule has 4 rings (SSSR count). The Kier molecular flexibility index (Phi) is 7.99. The number of nitrogens with one attached hydrogen (secondary N) is 1. The van der Waals surface area contributed by atoms with Crippen LogP contribution < -0.4 is 10.2 Å². The Morgan fingerprint density at radius 2 is 1.49 bits per heavy atom. The molecular weight excluding hydrogens is 498 g/mol. The van der Waals surface area contributed by atoms with Crippen LogP contribution in [0.3, 0.4) is 0 Å². The molecule has 9 nitrogen and oxygen atoms in total. The van der Waals surface area contributed by atoms with Crippen molar-refractivity contribution in [3.63, 3.8) is 0 Å². The number of fused-ring (bicyclic) bond motifs is 2. The lowest BCUT2D eigenvalue weighted by molar-refractivity contribution is -0.155. The summed E-state index contributed by atoms with van der Waals surface area (Å²) in [7, 11) is 1.30. The fourth-order valence-corrected chi connectivity index (χ4v) is 5.18. The van der Waals surface area contributed by atoms with Crippen LogP contribution in [-0.2, 0) is 43.2 Å². The summed E-state index contributed by atoms with van der Waals surface area (Å²) in [5.74, 6) is -1.62. The Labute approximate surface area is 229 Å². The van der Waals surface area contributed by atoms with Crippen molar-refractivity contribution in [2.75, 3.05) is 12.0 Å². The molecule has 0 saturated carbocycles. The molecule has 1 N–H and O–H groups in total. The van der Waals surface area contributed by atoms with E-state index in [2.05, 4.69) is 5.32 Å². The number of rotatable bonds is 5. The van der Waals surface area contributed by atoms with Crippen LogP contribution in [0.1, 0.15) is 51.3 Å². The number of hydrogen-bond acceptors (Lipinski definition) is 6. The van der Waals surface area contributed by atoms with Crippen molar-refractivity contribution >= 4 is 29.6 Å². The van der Waals surface area contributed by atoms with Crippen molar-refractivity contribution < 1.29 is 28.7 Å². The van der Waals surface area contributed by atoms with Gasteiger partial charge in [0.25, 0.3) is 0 Å². The number of nitrogens with zero attached hydrogens (tertiary/aromatic N) is 2. The highest BCUT2D eigenvalue weighted by atomic mass is 16.6. The van der Waals surface area contributed by atoms with Crippen LogP contribution in [0.15, 0.2) is 48.5 Å². The van der Waals surface area contributed by atoms with E-state index in [1.165, 1.54) is 16.9 Å². The first-order chi connectivity index (χ1) is 18.4. The molecule has 0 aliphatic carbocycles. The maximum Gasteiger partial charge on any atom is 0.415 e. The van der Waals surface area contributed by atoms with Gasteiger partial charge < -0.3 is 19.7 Å². The zero-order valence-electron chi connectivity index (χ0n) is 23.4. The highest BCUT2D eigenvalue weighted by molar-refractivity contribution is 6.02. The van der Waals surface area contributed by atoms with Crippen molar-refractivity contribution in [2.24, 2.45) is 5.92 Å². The number of anilines is 1. The molecule has 0 fully saturated rings. The highest BCUT2D eigenvalue weighted by Gasteiger charge is 2.44. The van der Waals surface area contributed by atoms with Crippen LogP contribution >= 0.6 is 0 Å². The standard InChI is InChI=1S/C30H37N3O6/c1-18(2)25(27(35)32-17-21-13-8-7-11-19(21)15-24(32)28(36)38-6)31-26(34)23-16-20-12-9-10-14-22(20)33(23)29(37)39-30(3,4)5/h7-14,18,23-25H,15-17H2,1-6H3,(H,31,34)/t23-,24-,25+/m1/s1. The van der Waals surface area contributed by atoms with Crippen LogP contribution in [0.4, 0.5) is 10.5 Å². The number of ether oxygens (including phenoxy) is 2. The molecule has 2 aromatic rings. The van der Waals surface area contributed by atoms with Gasteiger partial charge in [-0.3, -0.25) is 14.5 Å². The van der Waals surface area contributed by atoms with Crippen molar-refractivity contribution in [3.05, 3.63) is 65.2 Å². The summed E-state index contributed by atoms with van der Waals surface area (Å²) in [6.45, 7) is 9.20. The van der Waals surface area contributed by atoms with Crippen molar-refractivity contribution in [3.8, 4) is 0 Å². The predicted octanol–water partition coefficient (Wildman–Crippen LogP) is 3.62. The number of carbonyl (C=O) groups excluding carboxylic acids is 4. The summed E-state index contributed by atoms with van der Waals surface area (Å²) in [5.41, 5.74) is 2.63. The van der Waals surface area contributed by atoms with Gasteiger partial charge >= 0.3 is 12.1 Å². The Balaban J connectivity index is 1.60. The lowest BCUT2D eigenvalue weighted by Gasteiger charge is -2.38. The first kappa shape index (κ1) is 28.1. The fraction of sp³-hybridized carbons (Fsp3) is 0.467. The monoisotopic (exact) mass is 535 g/mol. The van der Waals surface area contributed by atoms with Gasteiger partial charge in [0, 0.05) is 19.4 Å². The second kappa shape index (κ2) is 11.1. The van der Waals surface area contributed by atoms with E-state index >= 15 is 0 Å². The number of esters is 1. The van der Waals surface area contributed by atoms with Crippen molar-refractivity contribution in [1.29, 1.82) is 0 Å². The molecule has 3 amide bonds. The van der Waals surface area contributed by atoms with Crippen LogP contribution in [0.25, 0.3) is 0 Å². The SMILES string of the molecule is COC(=O)[C@H]1Cc2ccccc2CN1C(=O)[C@@H](NC(=O)[C@H]1Cc2ccccc2N1C(=O)OC(C)(C)C)C(C)C. The first-order valence-electron chi connectivity index (χ1n) is 13.3. The predicted molar refractivity (Wildman–Crippen MR) is 146 cm³/mol. The van der Waals surface area contributed by atoms with Crippen LogP contribution in [0.5, 0.6) is 0 Å². The molecule has 9 heteroatoms. The molecule has 0 radical (unpaired) electrons. The van der Waals surface area contributed by atoms with Gasteiger partial charge in [-0.1, -0.05) is 56.3 Å². The van der Waals surface area contributed by atoms with Gasteiger partial charge in [0.1, 0.15) is 23.7 Å². The van der Waals surface area contributed by atoms with E-state index in [4.69, 9.17) is 9.47 Å². The summed E-state index contributed by atoms with van der Waals surface area (Å²) >= 11 is 0. The minimum atomic E-state index is -0.917. The van der Waals surface area contributed by atoms with Gasteiger partial charge in [0.05, 0.1) is 12.8 Å². The summed E-state index contributed by atoms with van der Waals surface area (Å²) in [6.07, 6.45) is -0.00163. The second-order valence-corrected chi connectivity index (χ2v) is 11.4. The third kappa shape index (κ3) is 5.92. The molecule has 39 heavy (non-hydrogen) atoms. The van der Waals surface area contributed by atoms with E-state index < -0.39 is 41.7 Å². The van der Waals surface area contributed by atoms with Crippen LogP contribution in [0.2, 0.25) is 0 Å². The zero-order valence-corrected chi connectivity index (χ0v) is 23.4. The summed E-state index contributed by atoms with van der Waals surface area (Å²) < 4.78 is 10.6. The number of carbonyl (C=O) groups is 4. The minimum Gasteiger partial charge on any atom is -0.467 e. The maximum absolute atomic E-state index is 14.0. The fourth-order valence-electron chi connectivity index (χ4n) is 5.18. The quantitative estimate of drug-likeness (QED) is 0.587. The molecule has 0 bridgehead atoms. The van der Waals surface area contributed by atoms with E-state index in [-0.39, 0.29) is 18.4 Å². The summed E-state index contributed by atoms with van der Waals surface area (Å²) in [4.78, 5) is 56.5. The van der Waals surface area contributed by atoms with Gasteiger partial charge in [-0.15, -0.1) is 0 Å². The van der Waals surface area contributed by atoms with Gasteiger partial charge in [0.2, 0.25) is 11.8 Å². The lowest BCUT2D eigenvalue weighted by Crippen LogP contribution is -2.60. The molecule has 0 unspecified atom stereocenters. The number of para-hydroxylation sites is 1. The zero-order chi connectivity index (χ0) is 28.5. The Bertz CT molecular complexity index is 1270. The van der Waals surface area contributed by atoms with Crippen molar-refractivity contribution in [2.45, 2.75) is 77.7 Å². The van der Waals surface area contributed by atoms with E-state index in [0.29, 0.717) is 18.5 Å². The summed E-state index contributed by atoms with van der Waals surface area (Å²) in [6, 6.07) is 12.4. The highest BCUT2D eigenvalue weighted by Crippen LogP contribution is 2.34. The lowest BCUT2D eigenvalue weighted by atomic mass is 9.92. The number of amides is 3. The van der Waals surface area contributed by atoms with Gasteiger partial charge in [0.15, 0.2) is 0 Å². The molecule has 0 spiro atoms. The molecule has 2 aliphatic heterocycles. The molecule has 0 aromatic heterocycles. The molecule has 2 aliphatic rings. The molecular formula is C30H37N3O6. The van der Waals surface area contributed by atoms with E-state index in [9.17, 15) is 19.2 Å². The largest absolute Gasteiger partial charge is 0.467 e. The smallest absolute Gasteiger partial charge is 0.415 e. The average Bonchev–Trinajstić information content (AvgIpc) is 3.29. The average molecular weight is 536 g/mol. The third-order valence-corrected chi connectivity index (χ3v) is 7.10. The molecule has 3 atom stereocenters. The van der Waals surface area contributed by atoms with E-state index in [1.807, 2.05) is 50.2 Å². The Hall–Kier alpha value is -3.88. The second-order valence-electron chi connectivity index (χ2n) is 11.4. The summed E-state index contributed by atoms with van der Waals surface area (Å²) in [5, 5.41) is 2.91. The van der Waals surface area contributed by atoms with Crippen molar-refractivity contribution in [1.82, 2.24) is 10.2 Å². The molecule has 2 aromatic carbocycles. The Morgan fingerprint density at radius 1 is 0.897 bits per heavy atom. The number of hydrogen-bond donors (Lipinski definition) is 1.